The number of nitrogens with two attached hydrogens (primary N) is 1. The molecule has 170 valence electrons. The number of nitrogens with zero attached hydrogens (tertiary/aromatic N) is 1. The molecule has 0 bridgehead atoms. The highest BCUT2D eigenvalue weighted by Crippen LogP contribution is 2.37. The van der Waals surface area contributed by atoms with Crippen LogP contribution in [0.5, 0.6) is 0 Å². The lowest BCUT2D eigenvalue weighted by molar-refractivity contribution is -0.182. The molecule has 0 saturated heterocycles. The van der Waals surface area contributed by atoms with Gasteiger partial charge in [-0.1, -0.05) is 0 Å². The number of alkyl halides is 3. The average Bonchev–Trinajstić information content (AvgIpc) is 2.65. The third-order valence-corrected chi connectivity index (χ3v) is 6.34. The highest BCUT2D eigenvalue weighted by molar-refractivity contribution is 7.90. The molecule has 0 spiro atoms. The van der Waals surface area contributed by atoms with Crippen LogP contribution in [-0.4, -0.2) is 59.2 Å². The minimum absolute atomic E-state index is 0.0175. The Labute approximate surface area is 175 Å². The summed E-state index contributed by atoms with van der Waals surface area (Å²) in [6.45, 7) is 0.170. The topological polar surface area (TPSA) is 105 Å². The van der Waals surface area contributed by atoms with E-state index in [1.807, 2.05) is 0 Å². The van der Waals surface area contributed by atoms with E-state index in [9.17, 15) is 26.4 Å². The van der Waals surface area contributed by atoms with Crippen LogP contribution in [0.15, 0.2) is 12.1 Å². The van der Waals surface area contributed by atoms with Gasteiger partial charge in [-0.3, -0.25) is 4.79 Å². The van der Waals surface area contributed by atoms with E-state index in [1.54, 1.807) is 25.1 Å². The second-order valence-electron chi connectivity index (χ2n) is 7.82. The van der Waals surface area contributed by atoms with Crippen LogP contribution in [0.3, 0.4) is 0 Å². The lowest BCUT2D eigenvalue weighted by Crippen LogP contribution is -2.40. The first-order chi connectivity index (χ1) is 13.8. The van der Waals surface area contributed by atoms with Gasteiger partial charge in [0.1, 0.15) is 9.84 Å². The van der Waals surface area contributed by atoms with Crippen LogP contribution in [-0.2, 0) is 9.84 Å². The zero-order valence-electron chi connectivity index (χ0n) is 17.3. The smallest absolute Gasteiger partial charge is 0.391 e. The number of benzene rings is 1. The first-order valence-electron chi connectivity index (χ1n) is 9.69. The molecule has 0 atom stereocenters. The van der Waals surface area contributed by atoms with Crippen molar-refractivity contribution in [2.45, 2.75) is 37.9 Å². The molecule has 1 fully saturated rings. The fourth-order valence-electron chi connectivity index (χ4n) is 3.57. The molecule has 7 nitrogen and oxygen atoms in total. The van der Waals surface area contributed by atoms with Gasteiger partial charge in [0.15, 0.2) is 0 Å². The van der Waals surface area contributed by atoms with Crippen molar-refractivity contribution in [3.05, 3.63) is 17.7 Å². The van der Waals surface area contributed by atoms with Crippen LogP contribution in [0.2, 0.25) is 0 Å². The number of hydrogen-bond donors (Lipinski definition) is 3. The van der Waals surface area contributed by atoms with E-state index in [1.165, 1.54) is 6.07 Å². The van der Waals surface area contributed by atoms with Crippen molar-refractivity contribution >= 4 is 32.8 Å². The van der Waals surface area contributed by atoms with E-state index in [0.717, 1.165) is 6.26 Å². The summed E-state index contributed by atoms with van der Waals surface area (Å²) < 4.78 is 61.6. The van der Waals surface area contributed by atoms with E-state index >= 15 is 0 Å². The van der Waals surface area contributed by atoms with Crippen LogP contribution in [0.1, 0.15) is 36.0 Å². The maximum atomic E-state index is 12.9. The highest BCUT2D eigenvalue weighted by atomic mass is 32.2. The van der Waals surface area contributed by atoms with Gasteiger partial charge in [0.25, 0.3) is 5.91 Å². The summed E-state index contributed by atoms with van der Waals surface area (Å²) in [4.78, 5) is 14.6. The van der Waals surface area contributed by atoms with Crippen LogP contribution in [0.4, 0.5) is 30.2 Å². The molecule has 0 radical (unpaired) electrons. The first-order valence-corrected chi connectivity index (χ1v) is 11.8. The Morgan fingerprint density at radius 3 is 2.33 bits per heavy atom. The Balaban J connectivity index is 2.18. The predicted molar refractivity (Wildman–Crippen MR) is 113 cm³/mol. The Hall–Kier alpha value is -2.17. The minimum Gasteiger partial charge on any atom is -0.397 e. The predicted octanol–water partition coefficient (Wildman–Crippen LogP) is 2.64. The summed E-state index contributed by atoms with van der Waals surface area (Å²) in [7, 11) is 0.141. The molecule has 1 amide bonds. The van der Waals surface area contributed by atoms with Gasteiger partial charge in [-0.05, 0) is 37.8 Å². The molecule has 0 unspecified atom stereocenters. The first kappa shape index (κ1) is 24.1. The van der Waals surface area contributed by atoms with Crippen molar-refractivity contribution in [1.82, 2.24) is 5.32 Å². The van der Waals surface area contributed by atoms with E-state index in [0.29, 0.717) is 17.1 Å². The van der Waals surface area contributed by atoms with E-state index in [-0.39, 0.29) is 49.6 Å². The van der Waals surface area contributed by atoms with E-state index < -0.39 is 27.8 Å². The number of halogens is 3. The SMILES string of the molecule is CNc1cc(N(C)CCS(C)(=O)=O)c(C(=O)N[C@H]2CC[C@H](C(F)(F)F)CC2)cc1N. The summed E-state index contributed by atoms with van der Waals surface area (Å²) in [5, 5.41) is 5.73. The van der Waals surface area contributed by atoms with Crippen LogP contribution in [0, 0.1) is 5.92 Å². The molecule has 0 aromatic heterocycles. The third-order valence-electron chi connectivity index (χ3n) is 5.42. The number of sulfone groups is 1. The quantitative estimate of drug-likeness (QED) is 0.552. The fraction of sp³-hybridized carbons (Fsp3) is 0.632. The molecule has 30 heavy (non-hydrogen) atoms. The maximum Gasteiger partial charge on any atom is 0.391 e. The van der Waals surface area contributed by atoms with E-state index in [4.69, 9.17) is 5.73 Å². The molecular weight excluding hydrogens is 421 g/mol. The number of rotatable bonds is 7. The molecule has 1 aromatic carbocycles. The Morgan fingerprint density at radius 2 is 1.83 bits per heavy atom. The normalized spacial score (nSPS) is 19.9. The molecular formula is C19H29F3N4O3S. The van der Waals surface area contributed by atoms with Crippen molar-refractivity contribution in [2.24, 2.45) is 5.92 Å². The molecule has 11 heteroatoms. The van der Waals surface area contributed by atoms with Crippen molar-refractivity contribution in [3.8, 4) is 0 Å². The van der Waals surface area contributed by atoms with Crippen LogP contribution in [0.25, 0.3) is 0 Å². The lowest BCUT2D eigenvalue weighted by atomic mass is 9.85. The van der Waals surface area contributed by atoms with Gasteiger partial charge >= 0.3 is 6.18 Å². The van der Waals surface area contributed by atoms with Crippen molar-refractivity contribution in [1.29, 1.82) is 0 Å². The Morgan fingerprint density at radius 1 is 1.23 bits per heavy atom. The third kappa shape index (κ3) is 6.41. The van der Waals surface area contributed by atoms with Crippen molar-refractivity contribution in [3.63, 3.8) is 0 Å². The average molecular weight is 451 g/mol. The molecule has 0 aliphatic heterocycles. The zero-order chi connectivity index (χ0) is 22.7. The summed E-state index contributed by atoms with van der Waals surface area (Å²) in [6.07, 6.45) is -2.61. The summed E-state index contributed by atoms with van der Waals surface area (Å²) >= 11 is 0. The monoisotopic (exact) mass is 450 g/mol. The molecule has 1 aromatic rings. The number of nitrogens with one attached hydrogen (secondary N) is 2. The van der Waals surface area contributed by atoms with Crippen LogP contribution < -0.4 is 21.3 Å². The van der Waals surface area contributed by atoms with Gasteiger partial charge in [0, 0.05) is 32.9 Å². The highest BCUT2D eigenvalue weighted by Gasteiger charge is 2.41. The van der Waals surface area contributed by atoms with Gasteiger partial charge in [0.2, 0.25) is 0 Å². The molecule has 4 N–H and O–H groups in total. The zero-order valence-corrected chi connectivity index (χ0v) is 18.2. The van der Waals surface area contributed by atoms with Crippen molar-refractivity contribution < 1.29 is 26.4 Å². The molecule has 1 aliphatic carbocycles. The van der Waals surface area contributed by atoms with Gasteiger partial charge < -0.3 is 21.3 Å². The van der Waals surface area contributed by atoms with Gasteiger partial charge in [-0.25, -0.2) is 8.42 Å². The Kier molecular flexibility index (Phi) is 7.49. The van der Waals surface area contributed by atoms with Crippen LogP contribution >= 0.6 is 0 Å². The standard InChI is InChI=1S/C19H29F3N4O3S/c1-24-16-11-17(26(2)8-9-30(3,28)29)14(10-15(16)23)18(27)25-13-6-4-12(5-7-13)19(20,21)22/h10-13,24H,4-9,23H2,1-3H3,(H,25,27)/t12-,13-. The Bertz CT molecular complexity index is 867. The molecule has 2 rings (SSSR count). The molecule has 0 heterocycles. The summed E-state index contributed by atoms with van der Waals surface area (Å²) in [6, 6.07) is 2.80. The largest absolute Gasteiger partial charge is 0.397 e. The lowest BCUT2D eigenvalue weighted by Gasteiger charge is -2.31. The summed E-state index contributed by atoms with van der Waals surface area (Å²) in [5.74, 6) is -1.86. The molecule has 1 aliphatic rings. The number of carbonyl (C=O) groups excluding carboxylic acids is 1. The van der Waals surface area contributed by atoms with Gasteiger partial charge in [-0.2, -0.15) is 13.2 Å². The maximum absolute atomic E-state index is 12.9. The number of nitrogen functional groups attached to an aromatic ring is 1. The van der Waals surface area contributed by atoms with E-state index in [2.05, 4.69) is 10.6 Å². The minimum atomic E-state index is -4.21. The fourth-order valence-corrected chi connectivity index (χ4v) is 4.18. The van der Waals surface area contributed by atoms with Gasteiger partial charge in [-0.15, -0.1) is 0 Å². The second kappa shape index (κ2) is 9.32. The summed E-state index contributed by atoms with van der Waals surface area (Å²) in [5.41, 5.74) is 7.65. The second-order valence-corrected chi connectivity index (χ2v) is 10.1. The van der Waals surface area contributed by atoms with Gasteiger partial charge in [0.05, 0.1) is 34.3 Å². The number of amides is 1. The number of carbonyl (C=O) groups is 1. The number of hydrogen-bond acceptors (Lipinski definition) is 6. The molecule has 1 saturated carbocycles. The van der Waals surface area contributed by atoms with Crippen molar-refractivity contribution in [2.75, 3.05) is 48.6 Å². The number of anilines is 3.